The normalized spacial score (nSPS) is 25.2. The Labute approximate surface area is 117 Å². The average Bonchev–Trinajstić information content (AvgIpc) is 2.94. The first-order valence-corrected chi connectivity index (χ1v) is 7.99. The van der Waals surface area contributed by atoms with Crippen LogP contribution in [0.2, 0.25) is 0 Å². The monoisotopic (exact) mass is 267 g/mol. The van der Waals surface area contributed by atoms with Gasteiger partial charge in [-0.3, -0.25) is 4.79 Å². The highest BCUT2D eigenvalue weighted by molar-refractivity contribution is 5.77. The minimum absolute atomic E-state index is 0.359. The minimum atomic E-state index is 0.359. The molecule has 0 aromatic heterocycles. The lowest BCUT2D eigenvalue weighted by Gasteiger charge is -2.38. The number of rotatable bonds is 5. The van der Waals surface area contributed by atoms with Gasteiger partial charge in [-0.15, -0.1) is 0 Å². The van der Waals surface area contributed by atoms with Gasteiger partial charge in [0.25, 0.3) is 0 Å². The zero-order valence-corrected chi connectivity index (χ0v) is 12.5. The SMILES string of the molecule is CCN(CC)C1CCN(C(=O)CC2CCCN2)CC1. The molecule has 2 saturated heterocycles. The highest BCUT2D eigenvalue weighted by atomic mass is 16.2. The van der Waals surface area contributed by atoms with E-state index in [4.69, 9.17) is 0 Å². The fourth-order valence-corrected chi connectivity index (χ4v) is 3.49. The quantitative estimate of drug-likeness (QED) is 0.819. The van der Waals surface area contributed by atoms with Gasteiger partial charge in [0.2, 0.25) is 5.91 Å². The average molecular weight is 267 g/mol. The van der Waals surface area contributed by atoms with E-state index in [0.29, 0.717) is 24.4 Å². The van der Waals surface area contributed by atoms with E-state index in [1.54, 1.807) is 0 Å². The van der Waals surface area contributed by atoms with Crippen LogP contribution in [0.5, 0.6) is 0 Å². The number of likely N-dealkylation sites (tertiary alicyclic amines) is 1. The molecule has 0 aromatic rings. The van der Waals surface area contributed by atoms with Gasteiger partial charge < -0.3 is 15.1 Å². The van der Waals surface area contributed by atoms with Crippen LogP contribution < -0.4 is 5.32 Å². The fraction of sp³-hybridized carbons (Fsp3) is 0.933. The van der Waals surface area contributed by atoms with Crippen molar-refractivity contribution in [2.75, 3.05) is 32.7 Å². The van der Waals surface area contributed by atoms with E-state index in [2.05, 4.69) is 29.0 Å². The summed E-state index contributed by atoms with van der Waals surface area (Å²) in [4.78, 5) is 16.9. The van der Waals surface area contributed by atoms with Crippen molar-refractivity contribution in [2.45, 2.75) is 58.0 Å². The lowest BCUT2D eigenvalue weighted by atomic mass is 10.0. The van der Waals surface area contributed by atoms with Gasteiger partial charge in [0.1, 0.15) is 0 Å². The van der Waals surface area contributed by atoms with Gasteiger partial charge in [0.05, 0.1) is 0 Å². The number of hydrogen-bond acceptors (Lipinski definition) is 3. The molecule has 1 unspecified atom stereocenters. The zero-order valence-electron chi connectivity index (χ0n) is 12.5. The number of carbonyl (C=O) groups excluding carboxylic acids is 1. The van der Waals surface area contributed by atoms with Gasteiger partial charge in [0.15, 0.2) is 0 Å². The maximum atomic E-state index is 12.2. The Morgan fingerprint density at radius 1 is 1.21 bits per heavy atom. The summed E-state index contributed by atoms with van der Waals surface area (Å²) in [5, 5.41) is 3.42. The van der Waals surface area contributed by atoms with Crippen LogP contribution in [0, 0.1) is 0 Å². The Morgan fingerprint density at radius 2 is 1.89 bits per heavy atom. The molecule has 19 heavy (non-hydrogen) atoms. The van der Waals surface area contributed by atoms with Crippen LogP contribution in [0.4, 0.5) is 0 Å². The first kappa shape index (κ1) is 14.8. The lowest BCUT2D eigenvalue weighted by molar-refractivity contribution is -0.133. The van der Waals surface area contributed by atoms with E-state index in [9.17, 15) is 4.79 Å². The predicted molar refractivity (Wildman–Crippen MR) is 78.2 cm³/mol. The summed E-state index contributed by atoms with van der Waals surface area (Å²) in [6.45, 7) is 9.70. The standard InChI is InChI=1S/C15H29N3O/c1-3-17(4-2)14-7-10-18(11-8-14)15(19)12-13-6-5-9-16-13/h13-14,16H,3-12H2,1-2H3. The third-order valence-electron chi connectivity index (χ3n) is 4.73. The third kappa shape index (κ3) is 3.93. The molecule has 0 aromatic carbocycles. The van der Waals surface area contributed by atoms with Crippen molar-refractivity contribution in [2.24, 2.45) is 0 Å². The molecule has 0 spiro atoms. The molecule has 2 aliphatic rings. The van der Waals surface area contributed by atoms with Crippen LogP contribution in [0.1, 0.15) is 46.0 Å². The molecular weight excluding hydrogens is 238 g/mol. The van der Waals surface area contributed by atoms with E-state index in [-0.39, 0.29) is 0 Å². The van der Waals surface area contributed by atoms with Crippen molar-refractivity contribution in [3.63, 3.8) is 0 Å². The maximum Gasteiger partial charge on any atom is 0.224 e. The zero-order chi connectivity index (χ0) is 13.7. The Bertz CT molecular complexity index is 277. The Kier molecular flexibility index (Phi) is 5.64. The molecule has 2 aliphatic heterocycles. The van der Waals surface area contributed by atoms with Crippen molar-refractivity contribution in [1.82, 2.24) is 15.1 Å². The number of amides is 1. The van der Waals surface area contributed by atoms with E-state index >= 15 is 0 Å². The Balaban J connectivity index is 1.74. The van der Waals surface area contributed by atoms with Crippen LogP contribution in [0.15, 0.2) is 0 Å². The van der Waals surface area contributed by atoms with E-state index in [0.717, 1.165) is 45.6 Å². The molecule has 0 aliphatic carbocycles. The first-order valence-electron chi connectivity index (χ1n) is 7.99. The summed E-state index contributed by atoms with van der Waals surface area (Å²) in [6, 6.07) is 1.12. The van der Waals surface area contributed by atoms with Crippen molar-refractivity contribution in [3.8, 4) is 0 Å². The van der Waals surface area contributed by atoms with Gasteiger partial charge in [-0.05, 0) is 45.3 Å². The topological polar surface area (TPSA) is 35.6 Å². The fourth-order valence-electron chi connectivity index (χ4n) is 3.49. The van der Waals surface area contributed by atoms with Crippen LogP contribution in [0.3, 0.4) is 0 Å². The van der Waals surface area contributed by atoms with Gasteiger partial charge in [-0.2, -0.15) is 0 Å². The largest absolute Gasteiger partial charge is 0.343 e. The van der Waals surface area contributed by atoms with Crippen LogP contribution in [-0.2, 0) is 4.79 Å². The Hall–Kier alpha value is -0.610. The van der Waals surface area contributed by atoms with E-state index in [1.807, 2.05) is 0 Å². The van der Waals surface area contributed by atoms with Crippen molar-refractivity contribution >= 4 is 5.91 Å². The van der Waals surface area contributed by atoms with Crippen LogP contribution >= 0.6 is 0 Å². The molecule has 1 N–H and O–H groups in total. The number of nitrogens with zero attached hydrogens (tertiary/aromatic N) is 2. The molecular formula is C15H29N3O. The summed E-state index contributed by atoms with van der Waals surface area (Å²) < 4.78 is 0. The Morgan fingerprint density at radius 3 is 2.42 bits per heavy atom. The third-order valence-corrected chi connectivity index (χ3v) is 4.73. The molecule has 4 nitrogen and oxygen atoms in total. The number of piperidine rings is 1. The smallest absolute Gasteiger partial charge is 0.224 e. The summed E-state index contributed by atoms with van der Waals surface area (Å²) in [5.41, 5.74) is 0. The van der Waals surface area contributed by atoms with E-state index < -0.39 is 0 Å². The second kappa shape index (κ2) is 7.25. The van der Waals surface area contributed by atoms with Gasteiger partial charge in [0, 0.05) is 31.6 Å². The van der Waals surface area contributed by atoms with Gasteiger partial charge in [-0.25, -0.2) is 0 Å². The van der Waals surface area contributed by atoms with Crippen LogP contribution in [0.25, 0.3) is 0 Å². The summed E-state index contributed by atoms with van der Waals surface area (Å²) >= 11 is 0. The summed E-state index contributed by atoms with van der Waals surface area (Å²) in [5.74, 6) is 0.359. The molecule has 2 rings (SSSR count). The van der Waals surface area contributed by atoms with Crippen molar-refractivity contribution in [3.05, 3.63) is 0 Å². The highest BCUT2D eigenvalue weighted by Gasteiger charge is 2.27. The summed E-state index contributed by atoms with van der Waals surface area (Å²) in [7, 11) is 0. The molecule has 0 saturated carbocycles. The molecule has 0 radical (unpaired) electrons. The molecule has 4 heteroatoms. The van der Waals surface area contributed by atoms with Crippen molar-refractivity contribution in [1.29, 1.82) is 0 Å². The number of hydrogen-bond donors (Lipinski definition) is 1. The molecule has 1 amide bonds. The van der Waals surface area contributed by atoms with Crippen LogP contribution in [-0.4, -0.2) is 60.5 Å². The van der Waals surface area contributed by atoms with Gasteiger partial charge >= 0.3 is 0 Å². The molecule has 2 heterocycles. The molecule has 2 fully saturated rings. The first-order chi connectivity index (χ1) is 9.24. The van der Waals surface area contributed by atoms with Gasteiger partial charge in [-0.1, -0.05) is 13.8 Å². The summed E-state index contributed by atoms with van der Waals surface area (Å²) in [6.07, 6.45) is 5.39. The second-order valence-corrected chi connectivity index (χ2v) is 5.83. The molecule has 0 bridgehead atoms. The number of carbonyl (C=O) groups is 1. The molecule has 1 atom stereocenters. The van der Waals surface area contributed by atoms with Crippen molar-refractivity contribution < 1.29 is 4.79 Å². The second-order valence-electron chi connectivity index (χ2n) is 5.83. The number of nitrogens with one attached hydrogen (secondary N) is 1. The van der Waals surface area contributed by atoms with E-state index in [1.165, 1.54) is 12.8 Å². The maximum absolute atomic E-state index is 12.2. The predicted octanol–water partition coefficient (Wildman–Crippen LogP) is 1.46. The lowest BCUT2D eigenvalue weighted by Crippen LogP contribution is -2.47. The minimum Gasteiger partial charge on any atom is -0.343 e. The molecule has 110 valence electrons. The highest BCUT2D eigenvalue weighted by Crippen LogP contribution is 2.18.